The number of likely N-dealkylation sites (tertiary alicyclic amines) is 1. The van der Waals surface area contributed by atoms with E-state index in [-0.39, 0.29) is 5.82 Å². The van der Waals surface area contributed by atoms with Crippen LogP contribution >= 0.6 is 0 Å². The predicted molar refractivity (Wildman–Crippen MR) is 85.7 cm³/mol. The molecule has 0 spiro atoms. The summed E-state index contributed by atoms with van der Waals surface area (Å²) in [5.74, 6) is 3.02. The van der Waals surface area contributed by atoms with Crippen molar-refractivity contribution in [3.05, 3.63) is 29.6 Å². The Morgan fingerprint density at radius 3 is 2.55 bits per heavy atom. The van der Waals surface area contributed by atoms with Gasteiger partial charge in [-0.2, -0.15) is 0 Å². The van der Waals surface area contributed by atoms with Crippen molar-refractivity contribution in [1.29, 1.82) is 0 Å². The van der Waals surface area contributed by atoms with Gasteiger partial charge in [-0.25, -0.2) is 4.39 Å². The summed E-state index contributed by atoms with van der Waals surface area (Å²) in [5.41, 5.74) is 1.19. The average molecular weight is 303 g/mol. The summed E-state index contributed by atoms with van der Waals surface area (Å²) in [5, 5.41) is 0. The van der Waals surface area contributed by atoms with E-state index in [4.69, 9.17) is 4.74 Å². The summed E-state index contributed by atoms with van der Waals surface area (Å²) in [6, 6.07) is 5.87. The van der Waals surface area contributed by atoms with Gasteiger partial charge in [0.2, 0.25) is 0 Å². The standard InChI is InChI=1S/C19H26FNO/c1-22-19-12-16(20)4-5-17(19)14-6-8-21(9-7-14)18-11-13-2-3-15(18)10-13/h4-5,12-15,18H,2-3,6-11H2,1H3/t13?,15?,18-/m0/s1. The summed E-state index contributed by atoms with van der Waals surface area (Å²) in [6.45, 7) is 2.39. The number of hydrogen-bond donors (Lipinski definition) is 0. The van der Waals surface area contributed by atoms with Gasteiger partial charge in [0.25, 0.3) is 0 Å². The molecule has 1 aliphatic heterocycles. The Bertz CT molecular complexity index is 538. The minimum atomic E-state index is -0.208. The Balaban J connectivity index is 1.42. The number of nitrogens with zero attached hydrogens (tertiary/aromatic N) is 1. The summed E-state index contributed by atoms with van der Waals surface area (Å²) >= 11 is 0. The van der Waals surface area contributed by atoms with Crippen molar-refractivity contribution in [3.8, 4) is 5.75 Å². The fourth-order valence-corrected chi connectivity index (χ4v) is 5.22. The molecule has 1 saturated heterocycles. The Hall–Kier alpha value is -1.09. The lowest BCUT2D eigenvalue weighted by Gasteiger charge is -2.40. The van der Waals surface area contributed by atoms with Crippen LogP contribution in [0.3, 0.4) is 0 Å². The van der Waals surface area contributed by atoms with E-state index in [1.807, 2.05) is 6.07 Å². The van der Waals surface area contributed by atoms with Gasteiger partial charge in [-0.15, -0.1) is 0 Å². The monoisotopic (exact) mass is 303 g/mol. The molecule has 0 amide bonds. The van der Waals surface area contributed by atoms with Crippen LogP contribution in [-0.4, -0.2) is 31.1 Å². The number of benzene rings is 1. The normalized spacial score (nSPS) is 32.5. The van der Waals surface area contributed by atoms with Crippen LogP contribution in [-0.2, 0) is 0 Å². The van der Waals surface area contributed by atoms with E-state index < -0.39 is 0 Å². The fraction of sp³-hybridized carbons (Fsp3) is 0.684. The minimum absolute atomic E-state index is 0.208. The quantitative estimate of drug-likeness (QED) is 0.829. The third kappa shape index (κ3) is 2.54. The van der Waals surface area contributed by atoms with Crippen LogP contribution in [0.4, 0.5) is 4.39 Å². The van der Waals surface area contributed by atoms with Crippen molar-refractivity contribution in [2.24, 2.45) is 11.8 Å². The molecule has 3 fully saturated rings. The first kappa shape index (κ1) is 14.5. The van der Waals surface area contributed by atoms with Crippen LogP contribution in [0, 0.1) is 17.7 Å². The van der Waals surface area contributed by atoms with Crippen LogP contribution < -0.4 is 4.74 Å². The zero-order chi connectivity index (χ0) is 15.1. The third-order valence-corrected chi connectivity index (χ3v) is 6.33. The molecule has 0 aromatic heterocycles. The molecular formula is C19H26FNO. The Kier molecular flexibility index (Phi) is 3.85. The Morgan fingerprint density at radius 1 is 1.09 bits per heavy atom. The van der Waals surface area contributed by atoms with Gasteiger partial charge < -0.3 is 9.64 Å². The number of hydrogen-bond acceptors (Lipinski definition) is 2. The van der Waals surface area contributed by atoms with Gasteiger partial charge in [0, 0.05) is 12.1 Å². The van der Waals surface area contributed by atoms with E-state index in [1.54, 1.807) is 13.2 Å². The summed E-state index contributed by atoms with van der Waals surface area (Å²) in [4.78, 5) is 2.75. The lowest BCUT2D eigenvalue weighted by molar-refractivity contribution is 0.110. The zero-order valence-electron chi connectivity index (χ0n) is 13.4. The van der Waals surface area contributed by atoms with Crippen molar-refractivity contribution >= 4 is 0 Å². The van der Waals surface area contributed by atoms with E-state index in [0.29, 0.717) is 5.92 Å². The maximum atomic E-state index is 13.4. The van der Waals surface area contributed by atoms with Crippen LogP contribution in [0.1, 0.15) is 50.0 Å². The Labute approximate surface area is 132 Å². The van der Waals surface area contributed by atoms with Crippen LogP contribution in [0.25, 0.3) is 0 Å². The second-order valence-corrected chi connectivity index (χ2v) is 7.44. The number of piperidine rings is 1. The van der Waals surface area contributed by atoms with Gasteiger partial charge >= 0.3 is 0 Å². The molecule has 3 aliphatic rings. The van der Waals surface area contributed by atoms with Gasteiger partial charge in [0.15, 0.2) is 0 Å². The molecule has 22 heavy (non-hydrogen) atoms. The van der Waals surface area contributed by atoms with Gasteiger partial charge in [0.05, 0.1) is 7.11 Å². The van der Waals surface area contributed by atoms with E-state index >= 15 is 0 Å². The van der Waals surface area contributed by atoms with Crippen LogP contribution in [0.15, 0.2) is 18.2 Å². The smallest absolute Gasteiger partial charge is 0.126 e. The number of methoxy groups -OCH3 is 1. The molecule has 0 N–H and O–H groups in total. The highest BCUT2D eigenvalue weighted by molar-refractivity contribution is 5.37. The SMILES string of the molecule is COc1cc(F)ccc1C1CCN([C@H]2CC3CCC2C3)CC1. The lowest BCUT2D eigenvalue weighted by atomic mass is 9.86. The van der Waals surface area contributed by atoms with Crippen molar-refractivity contribution in [1.82, 2.24) is 4.90 Å². The van der Waals surface area contributed by atoms with E-state index in [9.17, 15) is 4.39 Å². The molecule has 1 aromatic rings. The van der Waals surface area contributed by atoms with Crippen molar-refractivity contribution < 1.29 is 9.13 Å². The number of rotatable bonds is 3. The first-order valence-electron chi connectivity index (χ1n) is 8.82. The molecule has 3 heteroatoms. The Morgan fingerprint density at radius 2 is 1.91 bits per heavy atom. The molecule has 2 nitrogen and oxygen atoms in total. The lowest BCUT2D eigenvalue weighted by Crippen LogP contribution is -2.43. The van der Waals surface area contributed by atoms with Crippen molar-refractivity contribution in [2.75, 3.05) is 20.2 Å². The summed E-state index contributed by atoms with van der Waals surface area (Å²) < 4.78 is 18.8. The highest BCUT2D eigenvalue weighted by atomic mass is 19.1. The molecule has 2 bridgehead atoms. The van der Waals surface area contributed by atoms with Crippen molar-refractivity contribution in [2.45, 2.75) is 50.5 Å². The number of ether oxygens (including phenoxy) is 1. The van der Waals surface area contributed by atoms with Gasteiger partial charge in [-0.3, -0.25) is 0 Å². The first-order chi connectivity index (χ1) is 10.7. The number of halogens is 1. The molecule has 2 saturated carbocycles. The molecule has 2 aliphatic carbocycles. The molecule has 1 heterocycles. The highest BCUT2D eigenvalue weighted by Crippen LogP contribution is 2.47. The van der Waals surface area contributed by atoms with E-state index in [2.05, 4.69) is 4.90 Å². The largest absolute Gasteiger partial charge is 0.496 e. The molecule has 3 atom stereocenters. The van der Waals surface area contributed by atoms with Crippen LogP contribution in [0.5, 0.6) is 5.75 Å². The van der Waals surface area contributed by atoms with Crippen LogP contribution in [0.2, 0.25) is 0 Å². The molecule has 1 aromatic carbocycles. The summed E-state index contributed by atoms with van der Waals surface area (Å²) in [7, 11) is 1.64. The second kappa shape index (κ2) is 5.84. The molecule has 0 radical (unpaired) electrons. The van der Waals surface area contributed by atoms with E-state index in [1.165, 1.54) is 63.2 Å². The first-order valence-corrected chi connectivity index (χ1v) is 8.82. The maximum absolute atomic E-state index is 13.4. The second-order valence-electron chi connectivity index (χ2n) is 7.44. The number of fused-ring (bicyclic) bond motifs is 2. The van der Waals surface area contributed by atoms with Gasteiger partial charge in [-0.05, 0) is 74.6 Å². The highest BCUT2D eigenvalue weighted by Gasteiger charge is 2.42. The maximum Gasteiger partial charge on any atom is 0.126 e. The topological polar surface area (TPSA) is 12.5 Å². The van der Waals surface area contributed by atoms with Gasteiger partial charge in [-0.1, -0.05) is 12.5 Å². The zero-order valence-corrected chi connectivity index (χ0v) is 13.4. The van der Waals surface area contributed by atoms with E-state index in [0.717, 1.165) is 23.6 Å². The average Bonchev–Trinajstić information content (AvgIpc) is 3.18. The molecular weight excluding hydrogens is 277 g/mol. The third-order valence-electron chi connectivity index (χ3n) is 6.33. The molecule has 120 valence electrons. The molecule has 4 rings (SSSR count). The van der Waals surface area contributed by atoms with Gasteiger partial charge in [0.1, 0.15) is 11.6 Å². The summed E-state index contributed by atoms with van der Waals surface area (Å²) in [6.07, 6.45) is 8.21. The van der Waals surface area contributed by atoms with Crippen molar-refractivity contribution in [3.63, 3.8) is 0 Å². The fourth-order valence-electron chi connectivity index (χ4n) is 5.22. The predicted octanol–water partition coefficient (Wildman–Crippen LogP) is 4.20. The minimum Gasteiger partial charge on any atom is -0.496 e. The molecule has 2 unspecified atom stereocenters.